The second-order valence-electron chi connectivity index (χ2n) is 7.12. The summed E-state index contributed by atoms with van der Waals surface area (Å²) < 4.78 is 0. The summed E-state index contributed by atoms with van der Waals surface area (Å²) >= 11 is 12.0. The number of carbonyl (C=O) groups excluding carboxylic acids is 1. The third-order valence-corrected chi connectivity index (χ3v) is 6.25. The molecule has 0 unspecified atom stereocenters. The maximum atomic E-state index is 12.7. The molecule has 1 amide bonds. The molecule has 136 valence electrons. The Kier molecular flexibility index (Phi) is 6.43. The standard InChI is InChI=1S/C20H26Cl2N2O/c1-23(18-6-2-3-7-19(18)24-12-4-5-13-24)20(25)11-9-15-8-10-16(21)17(22)14-15/h8-11,14,18-19H,2-7,12-13H2,1H3/t18-,19-/m1/s1. The van der Waals surface area contributed by atoms with Crippen LogP contribution < -0.4 is 0 Å². The molecule has 1 saturated heterocycles. The molecule has 1 saturated carbocycles. The van der Waals surface area contributed by atoms with Crippen molar-refractivity contribution >= 4 is 35.2 Å². The van der Waals surface area contributed by atoms with Crippen molar-refractivity contribution in [1.29, 1.82) is 0 Å². The molecule has 25 heavy (non-hydrogen) atoms. The van der Waals surface area contributed by atoms with Crippen molar-refractivity contribution in [2.45, 2.75) is 50.6 Å². The topological polar surface area (TPSA) is 23.6 Å². The van der Waals surface area contributed by atoms with Gasteiger partial charge in [-0.3, -0.25) is 9.69 Å². The highest BCUT2D eigenvalue weighted by Gasteiger charge is 2.34. The van der Waals surface area contributed by atoms with Gasteiger partial charge in [-0.05, 0) is 62.5 Å². The van der Waals surface area contributed by atoms with E-state index in [-0.39, 0.29) is 5.91 Å². The van der Waals surface area contributed by atoms with Gasteiger partial charge in [-0.25, -0.2) is 0 Å². The molecule has 2 atom stereocenters. The highest BCUT2D eigenvalue weighted by atomic mass is 35.5. The van der Waals surface area contributed by atoms with Crippen LogP contribution in [0.2, 0.25) is 10.0 Å². The summed E-state index contributed by atoms with van der Waals surface area (Å²) in [5.74, 6) is 0.0576. The zero-order chi connectivity index (χ0) is 17.8. The van der Waals surface area contributed by atoms with Crippen LogP contribution in [0.25, 0.3) is 6.08 Å². The number of carbonyl (C=O) groups is 1. The Morgan fingerprint density at radius 2 is 1.84 bits per heavy atom. The molecule has 3 rings (SSSR count). The Bertz CT molecular complexity index is 641. The summed E-state index contributed by atoms with van der Waals surface area (Å²) in [6.07, 6.45) is 10.8. The molecule has 0 N–H and O–H groups in total. The van der Waals surface area contributed by atoms with Crippen molar-refractivity contribution in [2.24, 2.45) is 0 Å². The molecular formula is C20H26Cl2N2O. The molecular weight excluding hydrogens is 355 g/mol. The van der Waals surface area contributed by atoms with Crippen LogP contribution in [0.3, 0.4) is 0 Å². The summed E-state index contributed by atoms with van der Waals surface area (Å²) in [6.45, 7) is 2.37. The molecule has 2 fully saturated rings. The average Bonchev–Trinajstić information content (AvgIpc) is 3.16. The number of nitrogens with zero attached hydrogens (tertiary/aromatic N) is 2. The van der Waals surface area contributed by atoms with E-state index in [1.54, 1.807) is 18.2 Å². The summed E-state index contributed by atoms with van der Waals surface area (Å²) in [7, 11) is 1.95. The van der Waals surface area contributed by atoms with Crippen molar-refractivity contribution in [3.63, 3.8) is 0 Å². The largest absolute Gasteiger partial charge is 0.338 e. The Labute approximate surface area is 160 Å². The van der Waals surface area contributed by atoms with Crippen molar-refractivity contribution in [3.8, 4) is 0 Å². The Morgan fingerprint density at radius 1 is 1.12 bits per heavy atom. The van der Waals surface area contributed by atoms with Gasteiger partial charge >= 0.3 is 0 Å². The van der Waals surface area contributed by atoms with Crippen molar-refractivity contribution in [3.05, 3.63) is 39.9 Å². The maximum Gasteiger partial charge on any atom is 0.246 e. The van der Waals surface area contributed by atoms with E-state index < -0.39 is 0 Å². The molecule has 1 aromatic carbocycles. The molecule has 1 aliphatic heterocycles. The highest BCUT2D eigenvalue weighted by Crippen LogP contribution is 2.29. The number of amides is 1. The van der Waals surface area contributed by atoms with E-state index in [2.05, 4.69) is 4.90 Å². The third-order valence-electron chi connectivity index (χ3n) is 5.51. The minimum absolute atomic E-state index is 0.0576. The van der Waals surface area contributed by atoms with Crippen LogP contribution in [0, 0.1) is 0 Å². The van der Waals surface area contributed by atoms with Gasteiger partial charge in [0, 0.05) is 25.2 Å². The van der Waals surface area contributed by atoms with Gasteiger partial charge < -0.3 is 4.90 Å². The Balaban J connectivity index is 1.67. The van der Waals surface area contributed by atoms with E-state index in [1.165, 1.54) is 45.2 Å². The lowest BCUT2D eigenvalue weighted by molar-refractivity contribution is -0.128. The van der Waals surface area contributed by atoms with E-state index in [9.17, 15) is 4.79 Å². The lowest BCUT2D eigenvalue weighted by atomic mass is 9.88. The minimum atomic E-state index is 0.0576. The van der Waals surface area contributed by atoms with Gasteiger partial charge in [-0.2, -0.15) is 0 Å². The number of likely N-dealkylation sites (tertiary alicyclic amines) is 1. The SMILES string of the molecule is CN(C(=O)C=Cc1ccc(Cl)c(Cl)c1)[C@@H]1CCCC[C@H]1N1CCCC1. The summed E-state index contributed by atoms with van der Waals surface area (Å²) in [4.78, 5) is 17.2. The van der Waals surface area contributed by atoms with E-state index in [0.717, 1.165) is 12.0 Å². The van der Waals surface area contributed by atoms with Gasteiger partial charge in [0.25, 0.3) is 0 Å². The van der Waals surface area contributed by atoms with Crippen LogP contribution >= 0.6 is 23.2 Å². The maximum absolute atomic E-state index is 12.7. The monoisotopic (exact) mass is 380 g/mol. The first-order valence-corrected chi connectivity index (χ1v) is 9.96. The lowest BCUT2D eigenvalue weighted by Crippen LogP contribution is -2.52. The van der Waals surface area contributed by atoms with Crippen molar-refractivity contribution in [1.82, 2.24) is 9.80 Å². The molecule has 1 heterocycles. The predicted molar refractivity (Wildman–Crippen MR) is 105 cm³/mol. The second kappa shape index (κ2) is 8.57. The summed E-state index contributed by atoms with van der Waals surface area (Å²) in [5.41, 5.74) is 0.885. The Morgan fingerprint density at radius 3 is 2.56 bits per heavy atom. The quantitative estimate of drug-likeness (QED) is 0.695. The highest BCUT2D eigenvalue weighted by molar-refractivity contribution is 6.42. The average molecular weight is 381 g/mol. The number of likely N-dealkylation sites (N-methyl/N-ethyl adjacent to an activating group) is 1. The molecule has 0 aromatic heterocycles. The number of rotatable bonds is 4. The van der Waals surface area contributed by atoms with E-state index in [1.807, 2.05) is 24.1 Å². The molecule has 2 aliphatic rings. The van der Waals surface area contributed by atoms with Gasteiger partial charge in [0.05, 0.1) is 10.0 Å². The number of benzene rings is 1. The Hall–Kier alpha value is -1.03. The summed E-state index contributed by atoms with van der Waals surface area (Å²) in [6, 6.07) is 6.23. The van der Waals surface area contributed by atoms with Crippen molar-refractivity contribution < 1.29 is 4.79 Å². The fourth-order valence-electron chi connectivity index (χ4n) is 4.11. The smallest absolute Gasteiger partial charge is 0.246 e. The molecule has 1 aromatic rings. The number of hydrogen-bond acceptors (Lipinski definition) is 2. The van der Waals surface area contributed by atoms with Crippen LogP contribution in [0.4, 0.5) is 0 Å². The fourth-order valence-corrected chi connectivity index (χ4v) is 4.41. The molecule has 3 nitrogen and oxygen atoms in total. The van der Waals surface area contributed by atoms with Gasteiger partial charge in [0.1, 0.15) is 0 Å². The van der Waals surface area contributed by atoms with E-state index >= 15 is 0 Å². The second-order valence-corrected chi connectivity index (χ2v) is 7.93. The zero-order valence-electron chi connectivity index (χ0n) is 14.8. The normalized spacial score (nSPS) is 24.8. The van der Waals surface area contributed by atoms with Crippen LogP contribution in [0.1, 0.15) is 44.1 Å². The first-order chi connectivity index (χ1) is 12.1. The number of halogens is 2. The van der Waals surface area contributed by atoms with Gasteiger partial charge in [0.2, 0.25) is 5.91 Å². The fraction of sp³-hybridized carbons (Fsp3) is 0.550. The molecule has 1 aliphatic carbocycles. The molecule has 5 heteroatoms. The lowest BCUT2D eigenvalue weighted by Gasteiger charge is -2.42. The van der Waals surface area contributed by atoms with Crippen LogP contribution in [-0.4, -0.2) is 47.9 Å². The van der Waals surface area contributed by atoms with Crippen LogP contribution in [-0.2, 0) is 4.79 Å². The molecule has 0 radical (unpaired) electrons. The van der Waals surface area contributed by atoms with Gasteiger partial charge in [0.15, 0.2) is 0 Å². The van der Waals surface area contributed by atoms with Gasteiger partial charge in [-0.15, -0.1) is 0 Å². The van der Waals surface area contributed by atoms with Crippen molar-refractivity contribution in [2.75, 3.05) is 20.1 Å². The third kappa shape index (κ3) is 4.58. The first-order valence-electron chi connectivity index (χ1n) is 9.20. The van der Waals surface area contributed by atoms with E-state index in [4.69, 9.17) is 23.2 Å². The molecule has 0 bridgehead atoms. The minimum Gasteiger partial charge on any atom is -0.338 e. The predicted octanol–water partition coefficient (Wildman–Crippen LogP) is 4.87. The van der Waals surface area contributed by atoms with E-state index in [0.29, 0.717) is 22.1 Å². The first kappa shape index (κ1) is 18.8. The molecule has 0 spiro atoms. The summed E-state index contributed by atoms with van der Waals surface area (Å²) in [5, 5.41) is 1.03. The number of hydrogen-bond donors (Lipinski definition) is 0. The zero-order valence-corrected chi connectivity index (χ0v) is 16.3. The van der Waals surface area contributed by atoms with Gasteiger partial charge in [-0.1, -0.05) is 42.1 Å². The van der Waals surface area contributed by atoms with Crippen LogP contribution in [0.5, 0.6) is 0 Å². The van der Waals surface area contributed by atoms with Crippen LogP contribution in [0.15, 0.2) is 24.3 Å².